The van der Waals surface area contributed by atoms with E-state index >= 15 is 0 Å². The molecule has 0 amide bonds. The first kappa shape index (κ1) is 9.33. The summed E-state index contributed by atoms with van der Waals surface area (Å²) < 4.78 is 220. The Morgan fingerprint density at radius 2 is 0.927 bits per heavy atom. The molecule has 0 aliphatic carbocycles. The van der Waals surface area contributed by atoms with Gasteiger partial charge in [0.1, 0.15) is 11.2 Å². The third-order valence-corrected chi connectivity index (χ3v) is 6.81. The molecule has 0 saturated heterocycles. The SMILES string of the molecule is [2H]c1c([2H])c([2H])c2c(oc3c([2H])c4c([2H])c([2H])c([2H])c([2H])c4c([2H])c32)c1-c1c2c([2H])c([2H])c([2H])c([2H])c2c(-c2c([2H])c([2H])c3c([2H])c([2H])c([2H])c([2H])c3c2[2H])c2c([2H])c([2H])c([2H])c([2H])c12. The highest BCUT2D eigenvalue weighted by atomic mass is 16.3. The molecule has 8 aromatic carbocycles. The van der Waals surface area contributed by atoms with Crippen molar-refractivity contribution in [3.63, 3.8) is 0 Å². The quantitative estimate of drug-likeness (QED) is 0.197. The van der Waals surface area contributed by atoms with Crippen LogP contribution in [0, 0.1) is 0 Å². The molecule has 0 radical (unpaired) electrons. The van der Waals surface area contributed by atoms with Crippen LogP contribution in [0.15, 0.2) is 149 Å². The zero-order valence-electron chi connectivity index (χ0n) is 44.4. The molecule has 0 N–H and O–H groups in total. The minimum atomic E-state index is -0.937. The van der Waals surface area contributed by atoms with E-state index in [0.29, 0.717) is 0 Å². The van der Waals surface area contributed by atoms with Crippen LogP contribution in [-0.4, -0.2) is 0 Å². The van der Waals surface area contributed by atoms with E-state index in [1.807, 2.05) is 0 Å². The largest absolute Gasteiger partial charge is 0.455 e. The lowest BCUT2D eigenvalue weighted by molar-refractivity contribution is 0.670. The molecule has 1 heterocycles. The summed E-state index contributed by atoms with van der Waals surface area (Å²) in [7, 11) is 0. The number of para-hydroxylation sites is 1. The molecule has 190 valence electrons. The van der Waals surface area contributed by atoms with Crippen molar-refractivity contribution in [2.45, 2.75) is 0 Å². The van der Waals surface area contributed by atoms with E-state index in [1.165, 1.54) is 0 Å². The second-order valence-corrected chi connectivity index (χ2v) is 9.01. The molecule has 1 nitrogen and oxygen atoms in total. The maximum atomic E-state index is 9.43. The maximum Gasteiger partial charge on any atom is 0.143 e. The summed E-state index contributed by atoms with van der Waals surface area (Å²) >= 11 is 0. The van der Waals surface area contributed by atoms with E-state index < -0.39 is 232 Å². The van der Waals surface area contributed by atoms with E-state index in [4.69, 9.17) is 26.3 Å². The average molecular weight is 545 g/mol. The molecule has 0 spiro atoms. The van der Waals surface area contributed by atoms with E-state index in [2.05, 4.69) is 0 Å². The minimum absolute atomic E-state index is 0.419. The van der Waals surface area contributed by atoms with Gasteiger partial charge in [0.05, 0.1) is 32.9 Å². The van der Waals surface area contributed by atoms with Crippen LogP contribution < -0.4 is 0 Å². The van der Waals surface area contributed by atoms with Gasteiger partial charge in [-0.25, -0.2) is 0 Å². The predicted octanol–water partition coefficient (Wildman–Crippen LogP) is 11.5. The molecule has 0 aliphatic rings. The van der Waals surface area contributed by atoms with Gasteiger partial charge in [-0.05, 0) is 72.3 Å². The van der Waals surface area contributed by atoms with Crippen molar-refractivity contribution in [3.8, 4) is 22.3 Å². The smallest absolute Gasteiger partial charge is 0.143 e. The summed E-state index contributed by atoms with van der Waals surface area (Å²) in [4.78, 5) is 0. The molecule has 9 aromatic rings. The number of rotatable bonds is 2. The van der Waals surface area contributed by atoms with Gasteiger partial charge in [0.2, 0.25) is 0 Å². The number of hydrogen-bond donors (Lipinski definition) is 0. The molecule has 0 fully saturated rings. The second-order valence-electron chi connectivity index (χ2n) is 9.01. The fourth-order valence-corrected chi connectivity index (χ4v) is 5.09. The fourth-order valence-electron chi connectivity index (χ4n) is 5.09. The molecule has 1 heteroatoms. The summed E-state index contributed by atoms with van der Waals surface area (Å²) in [6.07, 6.45) is 0. The normalized spacial score (nSPS) is 20.1. The van der Waals surface area contributed by atoms with Crippen molar-refractivity contribution in [1.29, 1.82) is 0 Å². The minimum Gasteiger partial charge on any atom is -0.455 e. The van der Waals surface area contributed by atoms with Crippen molar-refractivity contribution in [2.24, 2.45) is 0 Å². The van der Waals surface area contributed by atoms with Gasteiger partial charge in [-0.3, -0.25) is 0 Å². The molecule has 0 aliphatic heterocycles. The zero-order valence-corrected chi connectivity index (χ0v) is 20.4. The summed E-state index contributed by atoms with van der Waals surface area (Å²) in [5.41, 5.74) is -3.83. The van der Waals surface area contributed by atoms with Crippen LogP contribution in [0.1, 0.15) is 32.9 Å². The van der Waals surface area contributed by atoms with Crippen molar-refractivity contribution in [2.75, 3.05) is 0 Å². The first-order valence-corrected chi connectivity index (χ1v) is 12.2. The van der Waals surface area contributed by atoms with Crippen molar-refractivity contribution < 1.29 is 37.3 Å². The Bertz CT molecular complexity index is 3740. The summed E-state index contributed by atoms with van der Waals surface area (Å²) in [5, 5.41) is -5.56. The van der Waals surface area contributed by atoms with Gasteiger partial charge in [-0.15, -0.1) is 0 Å². The average Bonchev–Trinajstić information content (AvgIpc) is 3.68. The predicted molar refractivity (Wildman–Crippen MR) is 175 cm³/mol. The first-order chi connectivity index (χ1) is 30.3. The molecule has 1 aromatic heterocycles. The van der Waals surface area contributed by atoms with Crippen LogP contribution in [0.3, 0.4) is 0 Å². The number of benzene rings is 8. The first-order valence-electron chi connectivity index (χ1n) is 24.2. The van der Waals surface area contributed by atoms with E-state index in [9.17, 15) is 11.0 Å². The number of fused-ring (bicyclic) bond motifs is 7. The van der Waals surface area contributed by atoms with Gasteiger partial charge >= 0.3 is 0 Å². The Labute approximate surface area is 270 Å². The lowest BCUT2D eigenvalue weighted by atomic mass is 9.85. The molecule has 0 bridgehead atoms. The Hall–Kier alpha value is -5.40. The Kier molecular flexibility index (Phi) is 1.94. The fraction of sp³-hybridized carbons (Fsp3) is 0. The Morgan fingerprint density at radius 1 is 0.390 bits per heavy atom. The van der Waals surface area contributed by atoms with Crippen LogP contribution in [0.5, 0.6) is 0 Å². The molecular weight excluding hydrogens is 496 g/mol. The highest BCUT2D eigenvalue weighted by Gasteiger charge is 2.20. The molecule has 9 rings (SSSR count). The monoisotopic (exact) mass is 544 g/mol. The third-order valence-electron chi connectivity index (χ3n) is 6.81. The standard InChI is InChI=1S/C40H24O/c1-2-11-26-22-29(21-20-25(26)10-1)38-30-14-5-7-16-32(30)39(33-17-8-6-15-31(33)38)35-19-9-18-34-36-23-27-12-3-4-13-28(27)24-37(36)41-40(34)35/h1-24H/i1D,2D,3D,4D,5D,6D,7D,8D,9D,10D,11D,12D,13D,14D,15D,16D,17D,18D,19D,20D,21D,22D,23D,24D. The summed E-state index contributed by atoms with van der Waals surface area (Å²) in [5.74, 6) is 0. The Balaban J connectivity index is 1.65. The lowest BCUT2D eigenvalue weighted by Crippen LogP contribution is -1.91. The lowest BCUT2D eigenvalue weighted by Gasteiger charge is -2.18. The van der Waals surface area contributed by atoms with E-state index in [-0.39, 0.29) is 0 Å². The van der Waals surface area contributed by atoms with Gasteiger partial charge in [0.25, 0.3) is 0 Å². The maximum absolute atomic E-state index is 9.43. The van der Waals surface area contributed by atoms with Gasteiger partial charge < -0.3 is 4.42 Å². The number of furan rings is 1. The van der Waals surface area contributed by atoms with Crippen LogP contribution in [0.4, 0.5) is 0 Å². The van der Waals surface area contributed by atoms with Gasteiger partial charge in [0, 0.05) is 21.9 Å². The molecule has 0 unspecified atom stereocenters. The summed E-state index contributed by atoms with van der Waals surface area (Å²) in [6.45, 7) is 0. The van der Waals surface area contributed by atoms with Crippen molar-refractivity contribution in [3.05, 3.63) is 145 Å². The molecule has 41 heavy (non-hydrogen) atoms. The molecule has 0 atom stereocenters. The third kappa shape index (κ3) is 3.30. The molecular formula is C40H24O. The van der Waals surface area contributed by atoms with Crippen LogP contribution in [0.25, 0.3) is 87.3 Å². The van der Waals surface area contributed by atoms with Gasteiger partial charge in [-0.1, -0.05) is 127 Å². The zero-order chi connectivity index (χ0) is 47.8. The van der Waals surface area contributed by atoms with E-state index in [1.54, 1.807) is 0 Å². The van der Waals surface area contributed by atoms with Crippen LogP contribution >= 0.6 is 0 Å². The highest BCUT2D eigenvalue weighted by Crippen LogP contribution is 2.46. The second kappa shape index (κ2) is 8.55. The summed E-state index contributed by atoms with van der Waals surface area (Å²) in [6, 6.07) is -20.2. The van der Waals surface area contributed by atoms with E-state index in [0.717, 1.165) is 0 Å². The molecule has 0 saturated carbocycles. The van der Waals surface area contributed by atoms with Crippen molar-refractivity contribution >= 4 is 65.0 Å². The van der Waals surface area contributed by atoms with Crippen LogP contribution in [0.2, 0.25) is 0 Å². The van der Waals surface area contributed by atoms with Gasteiger partial charge in [0.15, 0.2) is 0 Å². The Morgan fingerprint density at radius 3 is 1.61 bits per heavy atom. The van der Waals surface area contributed by atoms with Crippen molar-refractivity contribution in [1.82, 2.24) is 0 Å². The number of hydrogen-bond acceptors (Lipinski definition) is 1. The van der Waals surface area contributed by atoms with Crippen LogP contribution in [-0.2, 0) is 0 Å². The topological polar surface area (TPSA) is 13.1 Å². The van der Waals surface area contributed by atoms with Gasteiger partial charge in [-0.2, -0.15) is 0 Å². The highest BCUT2D eigenvalue weighted by molar-refractivity contribution is 6.24.